The molecule has 1 aromatic rings. The summed E-state index contributed by atoms with van der Waals surface area (Å²) in [6.07, 6.45) is 8.08. The third-order valence-corrected chi connectivity index (χ3v) is 8.80. The number of unbranched alkanes of at least 4 members (excludes halogenated alkanes) is 3. The Morgan fingerprint density at radius 3 is 2.64 bits per heavy atom. The Bertz CT molecular complexity index is 972. The van der Waals surface area contributed by atoms with Gasteiger partial charge in [-0.15, -0.1) is 0 Å². The Hall–Kier alpha value is -1.92. The van der Waals surface area contributed by atoms with Crippen molar-refractivity contribution in [2.45, 2.75) is 115 Å². The molecule has 1 aliphatic carbocycles. The topological polar surface area (TPSA) is 71.1 Å². The van der Waals surface area contributed by atoms with Crippen LogP contribution in [-0.2, 0) is 24.5 Å². The van der Waals surface area contributed by atoms with Crippen LogP contribution in [0.4, 0.5) is 0 Å². The number of Topliss-reactive ketones (excluding diaryl/α,β-unsaturated/α-hetero) is 1. The van der Waals surface area contributed by atoms with E-state index in [4.69, 9.17) is 18.9 Å². The second kappa shape index (κ2) is 10.4. The number of ether oxygens (including phenoxy) is 4. The fourth-order valence-corrected chi connectivity index (χ4v) is 6.31. The number of benzene rings is 1. The Morgan fingerprint density at radius 2 is 1.97 bits per heavy atom. The lowest BCUT2D eigenvalue weighted by Gasteiger charge is -2.47. The molecule has 1 saturated heterocycles. The van der Waals surface area contributed by atoms with Crippen molar-refractivity contribution in [3.63, 3.8) is 0 Å². The minimum absolute atomic E-state index is 0.0344. The van der Waals surface area contributed by atoms with E-state index in [1.165, 1.54) is 26.4 Å². The highest BCUT2D eigenvalue weighted by Gasteiger charge is 2.50. The number of rotatable bonds is 9. The van der Waals surface area contributed by atoms with Gasteiger partial charge in [0.15, 0.2) is 5.60 Å². The van der Waals surface area contributed by atoms with Crippen LogP contribution in [0.25, 0.3) is 0 Å². The Kier molecular flexibility index (Phi) is 7.87. The molecule has 0 radical (unpaired) electrons. The molecule has 2 heterocycles. The van der Waals surface area contributed by atoms with Crippen LogP contribution in [0.2, 0.25) is 0 Å². The highest BCUT2D eigenvalue weighted by Crippen LogP contribution is 2.55. The van der Waals surface area contributed by atoms with E-state index < -0.39 is 17.2 Å². The van der Waals surface area contributed by atoms with Gasteiger partial charge in [-0.25, -0.2) is 4.79 Å². The first-order chi connectivity index (χ1) is 17.0. The zero-order valence-electron chi connectivity index (χ0n) is 23.0. The van der Waals surface area contributed by atoms with Crippen LogP contribution >= 0.6 is 0 Å². The van der Waals surface area contributed by atoms with E-state index >= 15 is 0 Å². The smallest absolute Gasteiger partial charge is 0.346 e. The molecule has 6 heteroatoms. The summed E-state index contributed by atoms with van der Waals surface area (Å²) < 4.78 is 23.9. The monoisotopic (exact) mass is 500 g/mol. The van der Waals surface area contributed by atoms with Crippen LogP contribution < -0.4 is 9.47 Å². The predicted octanol–water partition coefficient (Wildman–Crippen LogP) is 6.27. The van der Waals surface area contributed by atoms with Crippen molar-refractivity contribution < 1.29 is 28.5 Å². The van der Waals surface area contributed by atoms with Crippen LogP contribution in [0.15, 0.2) is 12.1 Å². The van der Waals surface area contributed by atoms with Gasteiger partial charge in [-0.3, -0.25) is 4.79 Å². The van der Waals surface area contributed by atoms with Gasteiger partial charge >= 0.3 is 5.97 Å². The predicted molar refractivity (Wildman–Crippen MR) is 139 cm³/mol. The van der Waals surface area contributed by atoms with Crippen molar-refractivity contribution in [2.75, 3.05) is 20.3 Å². The van der Waals surface area contributed by atoms with Gasteiger partial charge in [0.25, 0.3) is 0 Å². The summed E-state index contributed by atoms with van der Waals surface area (Å²) in [7, 11) is 1.53. The van der Waals surface area contributed by atoms with Gasteiger partial charge in [0.05, 0.1) is 13.2 Å². The zero-order chi connectivity index (χ0) is 26.1. The molecule has 6 nitrogen and oxygen atoms in total. The van der Waals surface area contributed by atoms with Gasteiger partial charge in [0, 0.05) is 43.8 Å². The summed E-state index contributed by atoms with van der Waals surface area (Å²) in [6.45, 7) is 11.6. The lowest BCUT2D eigenvalue weighted by atomic mass is 9.66. The molecular formula is C30H44O6. The summed E-state index contributed by atoms with van der Waals surface area (Å²) >= 11 is 0. The average molecular weight is 501 g/mol. The normalized spacial score (nSPS) is 27.2. The molecule has 1 aromatic carbocycles. The van der Waals surface area contributed by atoms with Crippen LogP contribution in [0, 0.1) is 5.92 Å². The van der Waals surface area contributed by atoms with Crippen molar-refractivity contribution in [3.05, 3.63) is 23.3 Å². The lowest BCUT2D eigenvalue weighted by Crippen LogP contribution is -2.48. The van der Waals surface area contributed by atoms with E-state index in [0.717, 1.165) is 36.1 Å². The minimum atomic E-state index is -1.10. The molecule has 3 aliphatic rings. The maximum Gasteiger partial charge on any atom is 0.346 e. The average Bonchev–Trinajstić information content (AvgIpc) is 3.31. The number of fused-ring (bicyclic) bond motifs is 3. The van der Waals surface area contributed by atoms with Gasteiger partial charge < -0.3 is 18.9 Å². The molecule has 2 fully saturated rings. The molecule has 1 saturated carbocycles. The fraction of sp³-hybridized carbons (Fsp3) is 0.733. The number of carbonyl (C=O) groups excluding carboxylic acids is 2. The Balaban J connectivity index is 1.76. The number of methoxy groups -OCH3 is 1. The van der Waals surface area contributed by atoms with Gasteiger partial charge in [0.1, 0.15) is 22.9 Å². The summed E-state index contributed by atoms with van der Waals surface area (Å²) in [5.74, 6) is 1.22. The van der Waals surface area contributed by atoms with E-state index in [1.807, 2.05) is 6.07 Å². The van der Waals surface area contributed by atoms with Crippen LogP contribution in [-0.4, -0.2) is 43.3 Å². The second-order valence-electron chi connectivity index (χ2n) is 12.2. The molecule has 1 unspecified atom stereocenters. The number of hydrogen-bond donors (Lipinski definition) is 0. The molecule has 0 amide bonds. The molecule has 200 valence electrons. The summed E-state index contributed by atoms with van der Waals surface area (Å²) in [5, 5.41) is 0. The van der Waals surface area contributed by atoms with Crippen LogP contribution in [0.1, 0.15) is 109 Å². The number of hydrogen-bond acceptors (Lipinski definition) is 6. The number of esters is 1. The third kappa shape index (κ3) is 5.22. The summed E-state index contributed by atoms with van der Waals surface area (Å²) in [5.41, 5.74) is 0.320. The van der Waals surface area contributed by atoms with Gasteiger partial charge in [-0.05, 0) is 49.8 Å². The molecule has 2 aliphatic heterocycles. The standard InChI is InChI=1S/C30H44O6/c1-7-8-9-10-13-28(2,3)20-16-24(35-27(32)30(33-6)14-15-34-19-30)26-22-18-21(31)11-12-23(22)29(4,5)36-25(26)17-20/h16-17,22-23H,7-15,18-19H2,1-6H3/t22-,23-,30?/m1/s1. The first-order valence-corrected chi connectivity index (χ1v) is 13.8. The van der Waals surface area contributed by atoms with E-state index in [-0.39, 0.29) is 29.6 Å². The molecule has 0 N–H and O–H groups in total. The van der Waals surface area contributed by atoms with Crippen molar-refractivity contribution in [2.24, 2.45) is 5.92 Å². The molecule has 3 atom stereocenters. The maximum absolute atomic E-state index is 13.5. The van der Waals surface area contributed by atoms with Crippen LogP contribution in [0.3, 0.4) is 0 Å². The van der Waals surface area contributed by atoms with Crippen LogP contribution in [0.5, 0.6) is 11.5 Å². The third-order valence-electron chi connectivity index (χ3n) is 8.80. The fourth-order valence-electron chi connectivity index (χ4n) is 6.31. The molecule has 4 rings (SSSR count). The van der Waals surface area contributed by atoms with E-state index in [2.05, 4.69) is 40.7 Å². The van der Waals surface area contributed by atoms with Gasteiger partial charge in [-0.2, -0.15) is 0 Å². The summed E-state index contributed by atoms with van der Waals surface area (Å²) in [4.78, 5) is 26.1. The maximum atomic E-state index is 13.5. The first-order valence-electron chi connectivity index (χ1n) is 13.8. The minimum Gasteiger partial charge on any atom is -0.487 e. The lowest BCUT2D eigenvalue weighted by molar-refractivity contribution is -0.159. The number of ketones is 1. The first kappa shape index (κ1) is 27.1. The van der Waals surface area contributed by atoms with Crippen molar-refractivity contribution in [1.29, 1.82) is 0 Å². The van der Waals surface area contributed by atoms with E-state index in [9.17, 15) is 9.59 Å². The van der Waals surface area contributed by atoms with Gasteiger partial charge in [0.2, 0.25) is 0 Å². The zero-order valence-corrected chi connectivity index (χ0v) is 23.0. The van der Waals surface area contributed by atoms with Crippen molar-refractivity contribution in [3.8, 4) is 11.5 Å². The van der Waals surface area contributed by atoms with Crippen molar-refractivity contribution in [1.82, 2.24) is 0 Å². The molecule has 36 heavy (non-hydrogen) atoms. The second-order valence-corrected chi connectivity index (χ2v) is 12.2. The molecule has 0 bridgehead atoms. The quantitative estimate of drug-likeness (QED) is 0.226. The Morgan fingerprint density at radius 1 is 1.19 bits per heavy atom. The highest BCUT2D eigenvalue weighted by atomic mass is 16.6. The van der Waals surface area contributed by atoms with E-state index in [0.29, 0.717) is 31.6 Å². The molecule has 0 spiro atoms. The molecular weight excluding hydrogens is 456 g/mol. The number of carbonyl (C=O) groups is 2. The summed E-state index contributed by atoms with van der Waals surface area (Å²) in [6, 6.07) is 4.15. The largest absolute Gasteiger partial charge is 0.487 e. The van der Waals surface area contributed by atoms with Gasteiger partial charge in [-0.1, -0.05) is 46.5 Å². The Labute approximate surface area is 216 Å². The van der Waals surface area contributed by atoms with E-state index in [1.54, 1.807) is 0 Å². The SMILES string of the molecule is CCCCCCC(C)(C)c1cc(OC(=O)C2(OC)CCOC2)c2c(c1)OC(C)(C)[C@@H]1CCC(=O)C[C@@H]21. The molecule has 0 aromatic heterocycles. The van der Waals surface area contributed by atoms with Crippen molar-refractivity contribution >= 4 is 11.8 Å². The highest BCUT2D eigenvalue weighted by molar-refractivity contribution is 5.84.